The molecular weight excluding hydrogens is 444 g/mol. The largest absolute Gasteiger partial charge is 0.441 e. The number of fused-ring (bicyclic) bond motifs is 1. The predicted molar refractivity (Wildman–Crippen MR) is 133 cm³/mol. The van der Waals surface area contributed by atoms with Crippen LogP contribution >= 0.6 is 11.8 Å². The van der Waals surface area contributed by atoms with E-state index in [2.05, 4.69) is 29.6 Å². The molecule has 1 saturated heterocycles. The number of aromatic nitrogens is 1. The number of carbonyl (C=O) groups is 2. The lowest BCUT2D eigenvalue weighted by molar-refractivity contribution is -0.115. The molecule has 2 aromatic carbocycles. The van der Waals surface area contributed by atoms with E-state index >= 15 is 0 Å². The normalized spacial score (nSPS) is 31.1. The maximum atomic E-state index is 11.9. The Morgan fingerprint density at radius 1 is 1.00 bits per heavy atom. The Balaban J connectivity index is 1.29. The van der Waals surface area contributed by atoms with E-state index in [1.54, 1.807) is 6.08 Å². The molecule has 5 fully saturated rings. The van der Waals surface area contributed by atoms with E-state index < -0.39 is 0 Å². The molecule has 5 aliphatic rings. The van der Waals surface area contributed by atoms with Crippen molar-refractivity contribution in [1.82, 2.24) is 10.3 Å². The third kappa shape index (κ3) is 3.26. The van der Waals surface area contributed by atoms with E-state index in [0.29, 0.717) is 4.91 Å². The molecule has 4 bridgehead atoms. The number of benzene rings is 2. The molecule has 2 heterocycles. The van der Waals surface area contributed by atoms with Gasteiger partial charge in [0.15, 0.2) is 11.5 Å². The number of nitrogens with zero attached hydrogens (tertiary/aromatic N) is 1. The van der Waals surface area contributed by atoms with Crippen LogP contribution in [0.4, 0.5) is 4.79 Å². The predicted octanol–water partition coefficient (Wildman–Crippen LogP) is 6.59. The third-order valence-corrected chi connectivity index (χ3v) is 9.21. The van der Waals surface area contributed by atoms with Gasteiger partial charge in [0.2, 0.25) is 0 Å². The van der Waals surface area contributed by atoms with Crippen molar-refractivity contribution < 1.29 is 14.0 Å². The van der Waals surface area contributed by atoms with Gasteiger partial charge in [-0.05, 0) is 114 Å². The van der Waals surface area contributed by atoms with Gasteiger partial charge in [0.25, 0.3) is 11.1 Å². The average molecular weight is 471 g/mol. The second-order valence-corrected chi connectivity index (χ2v) is 11.8. The van der Waals surface area contributed by atoms with Gasteiger partial charge in [-0.15, -0.1) is 0 Å². The fourth-order valence-corrected chi connectivity index (χ4v) is 8.18. The highest BCUT2D eigenvalue weighted by Gasteiger charge is 2.52. The van der Waals surface area contributed by atoms with Crippen LogP contribution in [0.1, 0.15) is 55.5 Å². The molecule has 4 aliphatic carbocycles. The van der Waals surface area contributed by atoms with Crippen LogP contribution in [0.15, 0.2) is 45.7 Å². The first kappa shape index (κ1) is 20.5. The smallest absolute Gasteiger partial charge is 0.290 e. The maximum absolute atomic E-state index is 11.9. The van der Waals surface area contributed by atoms with Crippen LogP contribution in [0, 0.1) is 24.7 Å². The molecule has 34 heavy (non-hydrogen) atoms. The summed E-state index contributed by atoms with van der Waals surface area (Å²) < 4.78 is 6.07. The standard InChI is InChI=1S/C28H26N2O3S/c1-15-29-25-22(28-12-17-6-18(13-28)8-19(7-17)14-28)10-21(11-23(25)33-15)20-4-2-16(3-5-20)9-24-26(31)30-27(32)34-24/h2-5,9-11,17-19H,6-8,12-14H2,1H3,(H,30,31,32)/b24-9+. The van der Waals surface area contributed by atoms with E-state index in [4.69, 9.17) is 9.40 Å². The number of thioether (sulfide) groups is 1. The Morgan fingerprint density at radius 3 is 2.29 bits per heavy atom. The fraction of sp³-hybridized carbons (Fsp3) is 0.393. The fourth-order valence-electron chi connectivity index (χ4n) is 7.50. The van der Waals surface area contributed by atoms with Crippen molar-refractivity contribution >= 4 is 40.1 Å². The van der Waals surface area contributed by atoms with Gasteiger partial charge in [0.05, 0.1) is 4.91 Å². The SMILES string of the molecule is Cc1nc2c(C34CC5CC(CC(C5)C3)C4)cc(-c3ccc(/C=C4/SC(=O)NC4=O)cc3)cc2o1. The van der Waals surface area contributed by atoms with Gasteiger partial charge in [-0.1, -0.05) is 24.3 Å². The van der Waals surface area contributed by atoms with Gasteiger partial charge >= 0.3 is 0 Å². The number of hydrogen-bond donors (Lipinski definition) is 1. The number of amides is 2. The summed E-state index contributed by atoms with van der Waals surface area (Å²) in [6.45, 7) is 1.94. The van der Waals surface area contributed by atoms with Crippen LogP contribution < -0.4 is 5.32 Å². The molecule has 0 atom stereocenters. The van der Waals surface area contributed by atoms with Crippen molar-refractivity contribution in [2.45, 2.75) is 50.9 Å². The molecule has 0 unspecified atom stereocenters. The minimum Gasteiger partial charge on any atom is -0.441 e. The zero-order valence-corrected chi connectivity index (χ0v) is 19.9. The summed E-state index contributed by atoms with van der Waals surface area (Å²) in [6, 6.07) is 12.7. The van der Waals surface area contributed by atoms with Crippen LogP contribution in [0.3, 0.4) is 0 Å². The van der Waals surface area contributed by atoms with E-state index in [1.165, 1.54) is 44.1 Å². The van der Waals surface area contributed by atoms with Crippen molar-refractivity contribution in [1.29, 1.82) is 0 Å². The van der Waals surface area contributed by atoms with Gasteiger partial charge in [0, 0.05) is 6.92 Å². The van der Waals surface area contributed by atoms with Crippen molar-refractivity contribution in [3.05, 3.63) is 58.3 Å². The highest BCUT2D eigenvalue weighted by Crippen LogP contribution is 2.61. The maximum Gasteiger partial charge on any atom is 0.290 e. The monoisotopic (exact) mass is 470 g/mol. The van der Waals surface area contributed by atoms with E-state index in [0.717, 1.165) is 63.2 Å². The molecule has 5 nitrogen and oxygen atoms in total. The molecule has 1 aliphatic heterocycles. The van der Waals surface area contributed by atoms with E-state index in [1.807, 2.05) is 19.1 Å². The molecule has 3 aromatic rings. The Labute approximate surface area is 202 Å². The molecular formula is C28H26N2O3S. The zero-order chi connectivity index (χ0) is 23.0. The van der Waals surface area contributed by atoms with Gasteiger partial charge in [0.1, 0.15) is 5.52 Å². The quantitative estimate of drug-likeness (QED) is 0.437. The van der Waals surface area contributed by atoms with Gasteiger partial charge in [-0.25, -0.2) is 4.98 Å². The highest BCUT2D eigenvalue weighted by molar-refractivity contribution is 8.18. The van der Waals surface area contributed by atoms with Crippen molar-refractivity contribution in [2.75, 3.05) is 0 Å². The first-order valence-electron chi connectivity index (χ1n) is 12.2. The lowest BCUT2D eigenvalue weighted by atomic mass is 9.48. The number of imide groups is 1. The topological polar surface area (TPSA) is 72.2 Å². The number of carbonyl (C=O) groups excluding carboxylic acids is 2. The lowest BCUT2D eigenvalue weighted by Gasteiger charge is -2.57. The highest BCUT2D eigenvalue weighted by atomic mass is 32.2. The second-order valence-electron chi connectivity index (χ2n) is 10.8. The van der Waals surface area contributed by atoms with Crippen LogP contribution in [0.5, 0.6) is 0 Å². The molecule has 6 heteroatoms. The minimum absolute atomic E-state index is 0.232. The van der Waals surface area contributed by atoms with Crippen LogP contribution in [-0.4, -0.2) is 16.1 Å². The number of aryl methyl sites for hydroxylation is 1. The summed E-state index contributed by atoms with van der Waals surface area (Å²) in [7, 11) is 0. The van der Waals surface area contributed by atoms with Gasteiger partial charge < -0.3 is 4.42 Å². The number of oxazole rings is 1. The Bertz CT molecular complexity index is 1350. The van der Waals surface area contributed by atoms with Crippen molar-refractivity contribution in [3.8, 4) is 11.1 Å². The van der Waals surface area contributed by atoms with E-state index in [-0.39, 0.29) is 16.6 Å². The summed E-state index contributed by atoms with van der Waals surface area (Å²) >= 11 is 0.944. The molecule has 0 radical (unpaired) electrons. The first-order chi connectivity index (χ1) is 16.4. The van der Waals surface area contributed by atoms with Crippen LogP contribution in [0.25, 0.3) is 28.3 Å². The Kier molecular flexibility index (Phi) is 4.41. The minimum atomic E-state index is -0.328. The number of nitrogens with one attached hydrogen (secondary N) is 1. The Morgan fingerprint density at radius 2 is 1.68 bits per heavy atom. The zero-order valence-electron chi connectivity index (χ0n) is 19.1. The first-order valence-corrected chi connectivity index (χ1v) is 13.0. The second kappa shape index (κ2) is 7.32. The molecule has 1 N–H and O–H groups in total. The molecule has 4 saturated carbocycles. The summed E-state index contributed by atoms with van der Waals surface area (Å²) in [5, 5.41) is 1.99. The molecule has 0 spiro atoms. The molecule has 1 aromatic heterocycles. The van der Waals surface area contributed by atoms with E-state index in [9.17, 15) is 9.59 Å². The molecule has 8 rings (SSSR count). The summed E-state index contributed by atoms with van der Waals surface area (Å²) in [5.74, 6) is 2.99. The van der Waals surface area contributed by atoms with Gasteiger partial charge in [-0.3, -0.25) is 14.9 Å². The van der Waals surface area contributed by atoms with Crippen molar-refractivity contribution in [3.63, 3.8) is 0 Å². The number of rotatable bonds is 3. The summed E-state index contributed by atoms with van der Waals surface area (Å²) in [4.78, 5) is 28.6. The van der Waals surface area contributed by atoms with Crippen molar-refractivity contribution in [2.24, 2.45) is 17.8 Å². The number of hydrogen-bond acceptors (Lipinski definition) is 5. The van der Waals surface area contributed by atoms with Crippen LogP contribution in [0.2, 0.25) is 0 Å². The average Bonchev–Trinajstić information content (AvgIpc) is 3.32. The third-order valence-electron chi connectivity index (χ3n) is 8.40. The van der Waals surface area contributed by atoms with Crippen LogP contribution in [-0.2, 0) is 10.2 Å². The Hall–Kier alpha value is -2.86. The molecule has 172 valence electrons. The summed E-state index contributed by atoms with van der Waals surface area (Å²) in [5.41, 5.74) is 6.72. The molecule has 2 amide bonds. The lowest BCUT2D eigenvalue weighted by Crippen LogP contribution is -2.48. The van der Waals surface area contributed by atoms with Gasteiger partial charge in [-0.2, -0.15) is 0 Å². The summed E-state index contributed by atoms with van der Waals surface area (Å²) in [6.07, 6.45) is 9.87.